The molecule has 12 rings (SSSR count). The Morgan fingerprint density at radius 3 is 1.27 bits per heavy atom. The number of rotatable bonds is 7. The van der Waals surface area contributed by atoms with E-state index in [1.165, 1.54) is 98.4 Å². The van der Waals surface area contributed by atoms with Gasteiger partial charge in [0.25, 0.3) is 0 Å². The highest BCUT2D eigenvalue weighted by Crippen LogP contribution is 2.47. The van der Waals surface area contributed by atoms with Crippen LogP contribution in [0.2, 0.25) is 0 Å². The molecule has 294 valence electrons. The second-order valence-corrected chi connectivity index (χ2v) is 16.4. The maximum absolute atomic E-state index is 2.43. The van der Waals surface area contributed by atoms with E-state index in [2.05, 4.69) is 254 Å². The summed E-state index contributed by atoms with van der Waals surface area (Å²) in [6, 6.07) is 91.1. The van der Waals surface area contributed by atoms with Crippen LogP contribution < -0.4 is 4.90 Å². The Hall–Kier alpha value is -8.26. The van der Waals surface area contributed by atoms with Gasteiger partial charge >= 0.3 is 0 Å². The van der Waals surface area contributed by atoms with Crippen molar-refractivity contribution in [2.45, 2.75) is 0 Å². The first-order valence-electron chi connectivity index (χ1n) is 21.7. The van der Waals surface area contributed by atoms with Gasteiger partial charge < -0.3 is 4.90 Å². The Labute approximate surface area is 367 Å². The minimum atomic E-state index is 1.10. The van der Waals surface area contributed by atoms with E-state index in [1.807, 2.05) is 0 Å². The lowest BCUT2D eigenvalue weighted by Crippen LogP contribution is -2.10. The Bertz CT molecular complexity index is 3650. The van der Waals surface area contributed by atoms with Gasteiger partial charge in [0, 0.05) is 16.8 Å². The summed E-state index contributed by atoms with van der Waals surface area (Å²) in [5.74, 6) is 0. The van der Waals surface area contributed by atoms with Crippen molar-refractivity contribution in [1.29, 1.82) is 0 Å². The quantitative estimate of drug-likeness (QED) is 0.145. The summed E-state index contributed by atoms with van der Waals surface area (Å²) in [5.41, 5.74) is 13.1. The predicted molar refractivity (Wildman–Crippen MR) is 270 cm³/mol. The summed E-state index contributed by atoms with van der Waals surface area (Å²) in [6.45, 7) is 0. The zero-order valence-corrected chi connectivity index (χ0v) is 34.6. The smallest absolute Gasteiger partial charge is 0.0546 e. The maximum Gasteiger partial charge on any atom is 0.0546 e. The topological polar surface area (TPSA) is 3.24 Å². The second kappa shape index (κ2) is 15.3. The van der Waals surface area contributed by atoms with Crippen molar-refractivity contribution in [2.75, 3.05) is 4.90 Å². The molecule has 0 heterocycles. The molecule has 0 bridgehead atoms. The summed E-state index contributed by atoms with van der Waals surface area (Å²) in [5, 5.41) is 12.5. The molecule has 0 saturated heterocycles. The Balaban J connectivity index is 1.02. The second-order valence-electron chi connectivity index (χ2n) is 16.4. The first kappa shape index (κ1) is 36.6. The Morgan fingerprint density at radius 2 is 0.635 bits per heavy atom. The monoisotopic (exact) mass is 799 g/mol. The normalized spacial score (nSPS) is 11.5. The largest absolute Gasteiger partial charge is 0.310 e. The van der Waals surface area contributed by atoms with Crippen molar-refractivity contribution in [1.82, 2.24) is 0 Å². The van der Waals surface area contributed by atoms with Gasteiger partial charge in [-0.2, -0.15) is 0 Å². The van der Waals surface area contributed by atoms with Crippen LogP contribution in [0, 0.1) is 0 Å². The molecular weight excluding hydrogens is 759 g/mol. The van der Waals surface area contributed by atoms with Crippen LogP contribution in [-0.4, -0.2) is 0 Å². The highest BCUT2D eigenvalue weighted by molar-refractivity contribution is 6.22. The maximum atomic E-state index is 2.43. The lowest BCUT2D eigenvalue weighted by Gasteiger charge is -2.28. The molecule has 0 unspecified atom stereocenters. The molecule has 12 aromatic carbocycles. The number of hydrogen-bond donors (Lipinski definition) is 0. The van der Waals surface area contributed by atoms with E-state index in [0.717, 1.165) is 17.1 Å². The molecule has 0 aromatic heterocycles. The summed E-state index contributed by atoms with van der Waals surface area (Å²) in [7, 11) is 0. The number of hydrogen-bond acceptors (Lipinski definition) is 1. The fraction of sp³-hybridized carbons (Fsp3) is 0. The van der Waals surface area contributed by atoms with E-state index in [4.69, 9.17) is 0 Å². The number of fused-ring (bicyclic) bond motifs is 7. The average molecular weight is 800 g/mol. The SMILES string of the molecule is c1ccc(-c2c(-c3ccccc3)c3cc(-c4ccc(N(c5ccc(-c6ccc7ccccc7c6)cc5)c5cc6ccccc6c6ccccc56)cc4)ccc3c3ccccc23)cc1. The van der Waals surface area contributed by atoms with Gasteiger partial charge in [-0.15, -0.1) is 0 Å². The van der Waals surface area contributed by atoms with Crippen LogP contribution >= 0.6 is 0 Å². The summed E-state index contributed by atoms with van der Waals surface area (Å²) < 4.78 is 0. The Morgan fingerprint density at radius 1 is 0.206 bits per heavy atom. The summed E-state index contributed by atoms with van der Waals surface area (Å²) in [6.07, 6.45) is 0. The summed E-state index contributed by atoms with van der Waals surface area (Å²) >= 11 is 0. The van der Waals surface area contributed by atoms with Gasteiger partial charge in [0.15, 0.2) is 0 Å². The third-order valence-electron chi connectivity index (χ3n) is 12.8. The molecule has 0 amide bonds. The predicted octanol–water partition coefficient (Wildman–Crippen LogP) is 17.6. The number of anilines is 3. The lowest BCUT2D eigenvalue weighted by molar-refractivity contribution is 1.30. The molecular formula is C62H41N. The molecule has 0 aliphatic heterocycles. The van der Waals surface area contributed by atoms with Crippen LogP contribution in [0.1, 0.15) is 0 Å². The van der Waals surface area contributed by atoms with E-state index in [1.54, 1.807) is 0 Å². The lowest BCUT2D eigenvalue weighted by atomic mass is 9.84. The van der Waals surface area contributed by atoms with Gasteiger partial charge in [-0.3, -0.25) is 0 Å². The summed E-state index contributed by atoms with van der Waals surface area (Å²) in [4.78, 5) is 2.43. The molecule has 0 aliphatic carbocycles. The van der Waals surface area contributed by atoms with Crippen LogP contribution in [0.4, 0.5) is 17.1 Å². The number of nitrogens with zero attached hydrogens (tertiary/aromatic N) is 1. The third kappa shape index (κ3) is 6.42. The highest BCUT2D eigenvalue weighted by atomic mass is 15.1. The molecule has 0 radical (unpaired) electrons. The minimum Gasteiger partial charge on any atom is -0.310 e. The molecule has 1 heteroatoms. The van der Waals surface area contributed by atoms with Crippen molar-refractivity contribution in [3.8, 4) is 44.5 Å². The zero-order chi connectivity index (χ0) is 41.7. The molecule has 1 nitrogen and oxygen atoms in total. The van der Waals surface area contributed by atoms with Crippen molar-refractivity contribution in [2.24, 2.45) is 0 Å². The fourth-order valence-electron chi connectivity index (χ4n) is 9.80. The van der Waals surface area contributed by atoms with Crippen molar-refractivity contribution >= 4 is 70.9 Å². The molecule has 0 aliphatic rings. The third-order valence-corrected chi connectivity index (χ3v) is 12.8. The van der Waals surface area contributed by atoms with E-state index >= 15 is 0 Å². The molecule has 0 spiro atoms. The minimum absolute atomic E-state index is 1.10. The van der Waals surface area contributed by atoms with E-state index in [-0.39, 0.29) is 0 Å². The molecule has 12 aromatic rings. The molecule has 63 heavy (non-hydrogen) atoms. The standard InChI is InChI=1S/C62H41N/c1-3-16-45(17-4-1)61-58-26-14-12-24-55(58)56-38-33-49(40-59(56)62(61)46-18-5-2-6-19-46)44-31-36-52(37-32-44)63(60-41-50-21-9-10-22-53(50)54-23-11-13-25-57(54)60)51-34-29-43(30-35-51)48-28-27-42-15-7-8-20-47(42)39-48/h1-41H. The first-order valence-corrected chi connectivity index (χ1v) is 21.7. The first-order chi connectivity index (χ1) is 31.2. The fourth-order valence-corrected chi connectivity index (χ4v) is 9.80. The molecule has 0 atom stereocenters. The van der Waals surface area contributed by atoms with Crippen molar-refractivity contribution in [3.05, 3.63) is 249 Å². The molecule has 0 saturated carbocycles. The van der Waals surface area contributed by atoms with Gasteiger partial charge in [-0.1, -0.05) is 206 Å². The van der Waals surface area contributed by atoms with Crippen molar-refractivity contribution in [3.63, 3.8) is 0 Å². The Kier molecular flexibility index (Phi) is 8.90. The van der Waals surface area contributed by atoms with Crippen LogP contribution in [0.25, 0.3) is 98.4 Å². The van der Waals surface area contributed by atoms with Gasteiger partial charge in [-0.05, 0) is 135 Å². The molecule has 0 N–H and O–H groups in total. The average Bonchev–Trinajstić information content (AvgIpc) is 3.36. The van der Waals surface area contributed by atoms with Crippen LogP contribution in [0.15, 0.2) is 249 Å². The van der Waals surface area contributed by atoms with E-state index in [0.29, 0.717) is 0 Å². The van der Waals surface area contributed by atoms with E-state index < -0.39 is 0 Å². The van der Waals surface area contributed by atoms with Crippen molar-refractivity contribution < 1.29 is 0 Å². The van der Waals surface area contributed by atoms with Crippen LogP contribution in [0.5, 0.6) is 0 Å². The van der Waals surface area contributed by atoms with Gasteiger partial charge in [0.1, 0.15) is 0 Å². The number of benzene rings is 12. The van der Waals surface area contributed by atoms with Gasteiger partial charge in [0.2, 0.25) is 0 Å². The van der Waals surface area contributed by atoms with Gasteiger partial charge in [0.05, 0.1) is 5.69 Å². The van der Waals surface area contributed by atoms with Gasteiger partial charge in [-0.25, -0.2) is 0 Å². The molecule has 0 fully saturated rings. The van der Waals surface area contributed by atoms with Crippen LogP contribution in [-0.2, 0) is 0 Å². The van der Waals surface area contributed by atoms with Crippen LogP contribution in [0.3, 0.4) is 0 Å². The highest BCUT2D eigenvalue weighted by Gasteiger charge is 2.20. The van der Waals surface area contributed by atoms with E-state index in [9.17, 15) is 0 Å². The zero-order valence-electron chi connectivity index (χ0n) is 34.6.